The molecule has 1 N–H and O–H groups in total. The van der Waals surface area contributed by atoms with E-state index < -0.39 is 0 Å². The lowest BCUT2D eigenvalue weighted by atomic mass is 10.1. The molecule has 2 aromatic rings. The first-order chi connectivity index (χ1) is 9.97. The molecule has 0 atom stereocenters. The number of amides is 1. The molecule has 0 saturated heterocycles. The Balaban J connectivity index is 2.39. The van der Waals surface area contributed by atoms with Crippen LogP contribution in [0.5, 0.6) is 5.75 Å². The van der Waals surface area contributed by atoms with Crippen LogP contribution in [0.4, 0.5) is 0 Å². The maximum absolute atomic E-state index is 12.5. The Kier molecular flexibility index (Phi) is 4.89. The van der Waals surface area contributed by atoms with Crippen LogP contribution in [-0.2, 0) is 0 Å². The Morgan fingerprint density at radius 2 is 2.10 bits per heavy atom. The van der Waals surface area contributed by atoms with Gasteiger partial charge in [-0.3, -0.25) is 10.2 Å². The van der Waals surface area contributed by atoms with Crippen molar-refractivity contribution in [2.24, 2.45) is 0 Å². The quantitative estimate of drug-likeness (QED) is 0.837. The number of carbonyl (C=O) groups is 1. The second-order valence-corrected chi connectivity index (χ2v) is 6.00. The summed E-state index contributed by atoms with van der Waals surface area (Å²) >= 11 is 4.80. The van der Waals surface area contributed by atoms with Crippen LogP contribution >= 0.6 is 27.7 Å². The standard InChI is InChI=1S/C13H15BrN4O2S/c1-7-5-9(14)6-10(11(7)20-3)12(19)17-18-8(2)15-16-13(18)21-4/h5-6H,1-4H3,(H,17,19). The molecule has 112 valence electrons. The topological polar surface area (TPSA) is 69.0 Å². The third kappa shape index (κ3) is 3.21. The molecule has 0 aliphatic carbocycles. The van der Waals surface area contributed by atoms with Crippen LogP contribution in [0.2, 0.25) is 0 Å². The van der Waals surface area contributed by atoms with Gasteiger partial charge in [0.25, 0.3) is 5.91 Å². The second kappa shape index (κ2) is 6.48. The van der Waals surface area contributed by atoms with Crippen molar-refractivity contribution in [1.82, 2.24) is 14.9 Å². The van der Waals surface area contributed by atoms with Crippen LogP contribution < -0.4 is 10.2 Å². The zero-order valence-corrected chi connectivity index (χ0v) is 14.5. The first-order valence-corrected chi connectivity index (χ1v) is 8.11. The third-order valence-electron chi connectivity index (χ3n) is 2.88. The molecular formula is C13H15BrN4O2S. The van der Waals surface area contributed by atoms with Gasteiger partial charge >= 0.3 is 0 Å². The SMILES string of the molecule is COc1c(C)cc(Br)cc1C(=O)Nn1c(C)nnc1SC. The molecule has 0 aliphatic rings. The number of thioether (sulfide) groups is 1. The lowest BCUT2D eigenvalue weighted by Crippen LogP contribution is -2.25. The lowest BCUT2D eigenvalue weighted by molar-refractivity contribution is 0.100. The fourth-order valence-corrected chi connectivity index (χ4v) is 2.99. The van der Waals surface area contributed by atoms with Crippen molar-refractivity contribution < 1.29 is 9.53 Å². The molecule has 1 amide bonds. The molecule has 0 spiro atoms. The molecule has 21 heavy (non-hydrogen) atoms. The molecule has 1 aromatic carbocycles. The van der Waals surface area contributed by atoms with Gasteiger partial charge in [0, 0.05) is 4.47 Å². The van der Waals surface area contributed by atoms with Crippen molar-refractivity contribution in [3.8, 4) is 5.75 Å². The normalized spacial score (nSPS) is 10.5. The Morgan fingerprint density at radius 3 is 2.71 bits per heavy atom. The molecule has 0 saturated carbocycles. The molecule has 0 bridgehead atoms. The van der Waals surface area contributed by atoms with Crippen molar-refractivity contribution in [1.29, 1.82) is 0 Å². The Bertz CT molecular complexity index is 687. The number of carbonyl (C=O) groups excluding carboxylic acids is 1. The number of aryl methyl sites for hydroxylation is 2. The minimum Gasteiger partial charge on any atom is -0.496 e. The molecule has 1 heterocycles. The van der Waals surface area contributed by atoms with Crippen molar-refractivity contribution in [2.45, 2.75) is 19.0 Å². The van der Waals surface area contributed by atoms with Gasteiger partial charge in [0.15, 0.2) is 0 Å². The summed E-state index contributed by atoms with van der Waals surface area (Å²) in [6, 6.07) is 3.62. The van der Waals surface area contributed by atoms with Gasteiger partial charge in [-0.15, -0.1) is 10.2 Å². The van der Waals surface area contributed by atoms with E-state index in [2.05, 4.69) is 31.6 Å². The summed E-state index contributed by atoms with van der Waals surface area (Å²) in [4.78, 5) is 12.5. The number of nitrogens with one attached hydrogen (secondary N) is 1. The predicted molar refractivity (Wildman–Crippen MR) is 85.7 cm³/mol. The van der Waals surface area contributed by atoms with Crippen molar-refractivity contribution in [2.75, 3.05) is 18.8 Å². The number of aromatic nitrogens is 3. The second-order valence-electron chi connectivity index (χ2n) is 4.31. The van der Waals surface area contributed by atoms with Gasteiger partial charge in [-0.25, -0.2) is 4.68 Å². The van der Waals surface area contributed by atoms with Crippen LogP contribution in [0.25, 0.3) is 0 Å². The van der Waals surface area contributed by atoms with E-state index in [9.17, 15) is 4.79 Å². The monoisotopic (exact) mass is 370 g/mol. The van der Waals surface area contributed by atoms with Gasteiger partial charge < -0.3 is 4.74 Å². The molecule has 0 fully saturated rings. The number of ether oxygens (including phenoxy) is 1. The summed E-state index contributed by atoms with van der Waals surface area (Å²) in [6.45, 7) is 3.66. The summed E-state index contributed by atoms with van der Waals surface area (Å²) in [5, 5.41) is 8.55. The average Bonchev–Trinajstić information content (AvgIpc) is 2.78. The predicted octanol–water partition coefficient (Wildman–Crippen LogP) is 2.77. The number of hydrogen-bond donors (Lipinski definition) is 1. The van der Waals surface area contributed by atoms with Crippen LogP contribution in [0.1, 0.15) is 21.7 Å². The van der Waals surface area contributed by atoms with Gasteiger partial charge in [-0.1, -0.05) is 27.7 Å². The molecule has 0 aliphatic heterocycles. The number of hydrogen-bond acceptors (Lipinski definition) is 5. The highest BCUT2D eigenvalue weighted by atomic mass is 79.9. The zero-order valence-electron chi connectivity index (χ0n) is 12.1. The third-order valence-corrected chi connectivity index (χ3v) is 3.97. The molecule has 2 rings (SSSR count). The number of halogens is 1. The molecule has 8 heteroatoms. The highest BCUT2D eigenvalue weighted by molar-refractivity contribution is 9.10. The Hall–Kier alpha value is -1.54. The first-order valence-electron chi connectivity index (χ1n) is 6.09. The number of nitrogens with zero attached hydrogens (tertiary/aromatic N) is 3. The highest BCUT2D eigenvalue weighted by Crippen LogP contribution is 2.28. The maximum Gasteiger partial charge on any atom is 0.274 e. The molecule has 6 nitrogen and oxygen atoms in total. The van der Waals surface area contributed by atoms with E-state index in [-0.39, 0.29) is 5.91 Å². The number of methoxy groups -OCH3 is 1. The number of benzene rings is 1. The van der Waals surface area contributed by atoms with Gasteiger partial charge in [0.05, 0.1) is 12.7 Å². The highest BCUT2D eigenvalue weighted by Gasteiger charge is 2.18. The van der Waals surface area contributed by atoms with E-state index in [1.165, 1.54) is 11.8 Å². The Labute approximate surface area is 135 Å². The van der Waals surface area contributed by atoms with E-state index in [1.807, 2.05) is 19.2 Å². The molecular weight excluding hydrogens is 356 g/mol. The van der Waals surface area contributed by atoms with Crippen LogP contribution in [0.15, 0.2) is 21.8 Å². The van der Waals surface area contributed by atoms with Crippen LogP contribution in [-0.4, -0.2) is 34.1 Å². The smallest absolute Gasteiger partial charge is 0.274 e. The average molecular weight is 371 g/mol. The van der Waals surface area contributed by atoms with E-state index >= 15 is 0 Å². The fourth-order valence-electron chi connectivity index (χ4n) is 1.94. The van der Waals surface area contributed by atoms with Crippen LogP contribution in [0, 0.1) is 13.8 Å². The lowest BCUT2D eigenvalue weighted by Gasteiger charge is -2.14. The maximum atomic E-state index is 12.5. The molecule has 0 unspecified atom stereocenters. The summed E-state index contributed by atoms with van der Waals surface area (Å²) in [5.74, 6) is 0.875. The number of rotatable bonds is 4. The first kappa shape index (κ1) is 15.8. The summed E-state index contributed by atoms with van der Waals surface area (Å²) < 4.78 is 7.71. The van der Waals surface area contributed by atoms with E-state index in [0.717, 1.165) is 10.0 Å². The fraction of sp³-hybridized carbons (Fsp3) is 0.308. The minimum absolute atomic E-state index is 0.283. The van der Waals surface area contributed by atoms with E-state index in [4.69, 9.17) is 4.74 Å². The van der Waals surface area contributed by atoms with Crippen LogP contribution in [0.3, 0.4) is 0 Å². The van der Waals surface area contributed by atoms with E-state index in [0.29, 0.717) is 22.3 Å². The van der Waals surface area contributed by atoms with Gasteiger partial charge in [0.2, 0.25) is 5.16 Å². The summed E-state index contributed by atoms with van der Waals surface area (Å²) in [5.41, 5.74) is 4.11. The molecule has 0 radical (unpaired) electrons. The summed E-state index contributed by atoms with van der Waals surface area (Å²) in [6.07, 6.45) is 1.87. The van der Waals surface area contributed by atoms with Crippen molar-refractivity contribution in [3.63, 3.8) is 0 Å². The Morgan fingerprint density at radius 1 is 1.38 bits per heavy atom. The van der Waals surface area contributed by atoms with Gasteiger partial charge in [-0.2, -0.15) is 0 Å². The molecule has 1 aromatic heterocycles. The van der Waals surface area contributed by atoms with Gasteiger partial charge in [0.1, 0.15) is 11.6 Å². The zero-order chi connectivity index (χ0) is 15.6. The van der Waals surface area contributed by atoms with Crippen molar-refractivity contribution in [3.05, 3.63) is 33.6 Å². The van der Waals surface area contributed by atoms with E-state index in [1.54, 1.807) is 24.8 Å². The minimum atomic E-state index is -0.283. The summed E-state index contributed by atoms with van der Waals surface area (Å²) in [7, 11) is 1.55. The largest absolute Gasteiger partial charge is 0.496 e. The van der Waals surface area contributed by atoms with Gasteiger partial charge in [-0.05, 0) is 37.8 Å². The van der Waals surface area contributed by atoms with Crippen molar-refractivity contribution >= 4 is 33.6 Å².